The molecule has 28 heavy (non-hydrogen) atoms. The van der Waals surface area contributed by atoms with Crippen molar-refractivity contribution in [2.75, 3.05) is 27.9 Å². The molecule has 0 radical (unpaired) electrons. The molecule has 3 N–H and O–H groups in total. The first kappa shape index (κ1) is 20.6. The van der Waals surface area contributed by atoms with E-state index in [1.165, 1.54) is 20.4 Å². The molecule has 0 heterocycles. The minimum atomic E-state index is -0.629. The van der Waals surface area contributed by atoms with Crippen molar-refractivity contribution in [1.82, 2.24) is 5.43 Å². The van der Waals surface area contributed by atoms with Gasteiger partial charge in [0.25, 0.3) is 11.8 Å². The molecule has 2 amide bonds. The van der Waals surface area contributed by atoms with E-state index in [1.54, 1.807) is 43.5 Å². The molecule has 0 saturated carbocycles. The first-order valence-corrected chi connectivity index (χ1v) is 8.13. The number of carbonyl (C=O) groups excluding carboxylic acids is 2. The average molecular weight is 387 g/mol. The Bertz CT molecular complexity index is 839. The predicted octanol–water partition coefficient (Wildman–Crippen LogP) is 1.34. The topological polar surface area (TPSA) is 121 Å². The van der Waals surface area contributed by atoms with Crippen LogP contribution in [0.1, 0.15) is 15.9 Å². The fraction of sp³-hybridized carbons (Fsp3) is 0.211. The number of benzene rings is 2. The van der Waals surface area contributed by atoms with Gasteiger partial charge >= 0.3 is 0 Å². The predicted molar refractivity (Wildman–Crippen MR) is 102 cm³/mol. The SMILES string of the molecule is COc1ccc(C(=O)N/N=C\c2cc(OC)c(OCC(N)=O)c(OC)c2)cc1. The number of hydrogen-bond acceptors (Lipinski definition) is 7. The molecule has 0 fully saturated rings. The van der Waals surface area contributed by atoms with Gasteiger partial charge in [0.2, 0.25) is 5.75 Å². The molecular weight excluding hydrogens is 366 g/mol. The molecular formula is C19H21N3O6. The number of nitrogens with zero attached hydrogens (tertiary/aromatic N) is 1. The quantitative estimate of drug-likeness (QED) is 0.495. The molecule has 9 heteroatoms. The van der Waals surface area contributed by atoms with Crippen molar-refractivity contribution in [2.45, 2.75) is 0 Å². The van der Waals surface area contributed by atoms with Gasteiger partial charge in [0.15, 0.2) is 18.1 Å². The van der Waals surface area contributed by atoms with Gasteiger partial charge in [-0.2, -0.15) is 5.10 Å². The minimum Gasteiger partial charge on any atom is -0.497 e. The van der Waals surface area contributed by atoms with E-state index in [2.05, 4.69) is 10.5 Å². The van der Waals surface area contributed by atoms with E-state index in [0.29, 0.717) is 28.4 Å². The van der Waals surface area contributed by atoms with Crippen LogP contribution in [0.5, 0.6) is 23.0 Å². The molecule has 148 valence electrons. The molecule has 2 aromatic rings. The summed E-state index contributed by atoms with van der Waals surface area (Å²) in [5.41, 5.74) is 8.54. The number of rotatable bonds is 9. The number of ether oxygens (including phenoxy) is 4. The van der Waals surface area contributed by atoms with Crippen molar-refractivity contribution in [3.8, 4) is 23.0 Å². The first-order chi connectivity index (χ1) is 13.5. The van der Waals surface area contributed by atoms with E-state index >= 15 is 0 Å². The first-order valence-electron chi connectivity index (χ1n) is 8.13. The van der Waals surface area contributed by atoms with Gasteiger partial charge in [-0.25, -0.2) is 5.43 Å². The van der Waals surface area contributed by atoms with E-state index in [9.17, 15) is 9.59 Å². The third kappa shape index (κ3) is 5.37. The van der Waals surface area contributed by atoms with Crippen LogP contribution in [0.3, 0.4) is 0 Å². The highest BCUT2D eigenvalue weighted by Gasteiger charge is 2.14. The molecule has 2 rings (SSSR count). The van der Waals surface area contributed by atoms with Gasteiger partial charge < -0.3 is 24.7 Å². The average Bonchev–Trinajstić information content (AvgIpc) is 2.71. The van der Waals surface area contributed by atoms with Crippen molar-refractivity contribution >= 4 is 18.0 Å². The maximum Gasteiger partial charge on any atom is 0.271 e. The van der Waals surface area contributed by atoms with Gasteiger partial charge in [0.05, 0.1) is 27.5 Å². The Morgan fingerprint density at radius 3 is 2.14 bits per heavy atom. The third-order valence-corrected chi connectivity index (χ3v) is 3.57. The largest absolute Gasteiger partial charge is 0.497 e. The van der Waals surface area contributed by atoms with Crippen LogP contribution in [-0.4, -0.2) is 46.0 Å². The molecule has 0 aliphatic carbocycles. The van der Waals surface area contributed by atoms with E-state index in [4.69, 9.17) is 24.7 Å². The van der Waals surface area contributed by atoms with Crippen LogP contribution in [0, 0.1) is 0 Å². The summed E-state index contributed by atoms with van der Waals surface area (Å²) < 4.78 is 20.9. The smallest absolute Gasteiger partial charge is 0.271 e. The highest BCUT2D eigenvalue weighted by molar-refractivity contribution is 5.95. The Labute approximate surface area is 162 Å². The normalized spacial score (nSPS) is 10.4. The summed E-state index contributed by atoms with van der Waals surface area (Å²) in [6.45, 7) is -0.321. The van der Waals surface area contributed by atoms with Crippen molar-refractivity contribution in [3.63, 3.8) is 0 Å². The van der Waals surface area contributed by atoms with Crippen molar-refractivity contribution in [1.29, 1.82) is 0 Å². The van der Waals surface area contributed by atoms with E-state index in [1.807, 2.05) is 0 Å². The zero-order valence-corrected chi connectivity index (χ0v) is 15.7. The number of methoxy groups -OCH3 is 3. The summed E-state index contributed by atoms with van der Waals surface area (Å²) in [5.74, 6) is 0.531. The van der Waals surface area contributed by atoms with Crippen LogP contribution in [-0.2, 0) is 4.79 Å². The van der Waals surface area contributed by atoms with Crippen molar-refractivity contribution in [3.05, 3.63) is 47.5 Å². The lowest BCUT2D eigenvalue weighted by atomic mass is 10.2. The van der Waals surface area contributed by atoms with Crippen LogP contribution in [0.2, 0.25) is 0 Å². The van der Waals surface area contributed by atoms with E-state index in [0.717, 1.165) is 0 Å². The molecule has 0 atom stereocenters. The molecule has 0 aromatic heterocycles. The van der Waals surface area contributed by atoms with Gasteiger partial charge in [-0.1, -0.05) is 0 Å². The molecule has 0 aliphatic heterocycles. The summed E-state index contributed by atoms with van der Waals surface area (Å²) in [5, 5.41) is 3.93. The second-order valence-corrected chi connectivity index (χ2v) is 5.44. The number of primary amides is 1. The van der Waals surface area contributed by atoms with Gasteiger partial charge in [-0.15, -0.1) is 0 Å². The minimum absolute atomic E-state index is 0.239. The second kappa shape index (κ2) is 9.81. The number of hydrazone groups is 1. The lowest BCUT2D eigenvalue weighted by molar-refractivity contribution is -0.120. The second-order valence-electron chi connectivity index (χ2n) is 5.44. The van der Waals surface area contributed by atoms with Crippen molar-refractivity contribution < 1.29 is 28.5 Å². The molecule has 0 unspecified atom stereocenters. The van der Waals surface area contributed by atoms with Gasteiger partial charge in [-0.05, 0) is 36.4 Å². The number of hydrogen-bond donors (Lipinski definition) is 2. The Hall–Kier alpha value is -3.75. The fourth-order valence-corrected chi connectivity index (χ4v) is 2.23. The zero-order chi connectivity index (χ0) is 20.5. The van der Waals surface area contributed by atoms with Gasteiger partial charge in [0.1, 0.15) is 5.75 Å². The maximum absolute atomic E-state index is 12.1. The maximum atomic E-state index is 12.1. The lowest BCUT2D eigenvalue weighted by Crippen LogP contribution is -2.20. The summed E-state index contributed by atoms with van der Waals surface area (Å²) in [6, 6.07) is 9.84. The number of nitrogens with one attached hydrogen (secondary N) is 1. The van der Waals surface area contributed by atoms with E-state index < -0.39 is 5.91 Å². The molecule has 0 saturated heterocycles. The number of amides is 2. The summed E-state index contributed by atoms with van der Waals surface area (Å²) >= 11 is 0. The van der Waals surface area contributed by atoms with Crippen LogP contribution < -0.4 is 30.1 Å². The van der Waals surface area contributed by atoms with E-state index in [-0.39, 0.29) is 18.3 Å². The lowest BCUT2D eigenvalue weighted by Gasteiger charge is -2.14. The highest BCUT2D eigenvalue weighted by atomic mass is 16.5. The van der Waals surface area contributed by atoms with Crippen LogP contribution in [0.15, 0.2) is 41.5 Å². The Morgan fingerprint density at radius 2 is 1.64 bits per heavy atom. The Balaban J connectivity index is 2.13. The standard InChI is InChI=1S/C19H21N3O6/c1-25-14-6-4-13(5-7-14)19(24)22-21-10-12-8-15(26-2)18(16(9-12)27-3)28-11-17(20)23/h4-10H,11H2,1-3H3,(H2,20,23)(H,22,24)/b21-10-. The van der Waals surface area contributed by atoms with Crippen molar-refractivity contribution in [2.24, 2.45) is 10.8 Å². The molecule has 0 spiro atoms. The Kier molecular flexibility index (Phi) is 7.21. The molecule has 0 bridgehead atoms. The van der Waals surface area contributed by atoms with Crippen LogP contribution in [0.25, 0.3) is 0 Å². The monoisotopic (exact) mass is 387 g/mol. The fourth-order valence-electron chi connectivity index (χ4n) is 2.23. The molecule has 2 aromatic carbocycles. The van der Waals surface area contributed by atoms with Gasteiger partial charge in [-0.3, -0.25) is 9.59 Å². The summed E-state index contributed by atoms with van der Waals surface area (Å²) in [7, 11) is 4.43. The summed E-state index contributed by atoms with van der Waals surface area (Å²) in [4.78, 5) is 23.0. The zero-order valence-electron chi connectivity index (χ0n) is 15.7. The molecule has 0 aliphatic rings. The molecule has 9 nitrogen and oxygen atoms in total. The summed E-state index contributed by atoms with van der Waals surface area (Å²) in [6.07, 6.45) is 1.42. The van der Waals surface area contributed by atoms with Crippen LogP contribution >= 0.6 is 0 Å². The van der Waals surface area contributed by atoms with Crippen LogP contribution in [0.4, 0.5) is 0 Å². The number of nitrogens with two attached hydrogens (primary N) is 1. The Morgan fingerprint density at radius 1 is 1.04 bits per heavy atom. The van der Waals surface area contributed by atoms with Gasteiger partial charge in [0, 0.05) is 11.1 Å². The number of carbonyl (C=O) groups is 2. The third-order valence-electron chi connectivity index (χ3n) is 3.57. The highest BCUT2D eigenvalue weighted by Crippen LogP contribution is 2.38.